The average Bonchev–Trinajstić information content (AvgIpc) is 3.55. The lowest BCUT2D eigenvalue weighted by molar-refractivity contribution is -0.151. The van der Waals surface area contributed by atoms with Gasteiger partial charge in [-0.25, -0.2) is 0 Å². The zero-order valence-electron chi connectivity index (χ0n) is 16.9. The van der Waals surface area contributed by atoms with E-state index in [1.807, 2.05) is 47.4 Å². The van der Waals surface area contributed by atoms with Crippen LogP contribution in [0.2, 0.25) is 10.0 Å². The van der Waals surface area contributed by atoms with Gasteiger partial charge in [-0.1, -0.05) is 47.5 Å². The zero-order chi connectivity index (χ0) is 21.3. The third kappa shape index (κ3) is 4.65. The molecule has 1 amide bonds. The number of ether oxygens (including phenoxy) is 1. The molecule has 1 heterocycles. The van der Waals surface area contributed by atoms with Crippen molar-refractivity contribution in [3.8, 4) is 0 Å². The van der Waals surface area contributed by atoms with Crippen molar-refractivity contribution in [2.24, 2.45) is 11.8 Å². The van der Waals surface area contributed by atoms with Gasteiger partial charge < -0.3 is 9.64 Å². The maximum absolute atomic E-state index is 13.5. The molecule has 1 unspecified atom stereocenters. The molecule has 2 aliphatic rings. The number of likely N-dealkylation sites (tertiary alicyclic amines) is 1. The Hall–Kier alpha value is -2.04. The van der Waals surface area contributed by atoms with Crippen molar-refractivity contribution in [2.75, 3.05) is 13.7 Å². The fourth-order valence-electron chi connectivity index (χ4n) is 4.49. The van der Waals surface area contributed by atoms with Crippen molar-refractivity contribution in [3.05, 3.63) is 69.7 Å². The van der Waals surface area contributed by atoms with Crippen LogP contribution in [0.25, 0.3) is 0 Å². The van der Waals surface area contributed by atoms with E-state index in [9.17, 15) is 9.59 Å². The Kier molecular flexibility index (Phi) is 6.35. The first-order valence-electron chi connectivity index (χ1n) is 10.3. The molecule has 1 aliphatic heterocycles. The van der Waals surface area contributed by atoms with Crippen molar-refractivity contribution in [2.45, 2.75) is 37.6 Å². The van der Waals surface area contributed by atoms with Gasteiger partial charge in [0.05, 0.1) is 19.6 Å². The molecule has 4 nitrogen and oxygen atoms in total. The molecule has 2 aromatic rings. The monoisotopic (exact) mass is 445 g/mol. The van der Waals surface area contributed by atoms with Crippen LogP contribution in [-0.4, -0.2) is 30.4 Å². The van der Waals surface area contributed by atoms with E-state index in [1.165, 1.54) is 7.11 Å². The van der Waals surface area contributed by atoms with E-state index >= 15 is 0 Å². The molecule has 158 valence electrons. The van der Waals surface area contributed by atoms with Crippen LogP contribution in [0.3, 0.4) is 0 Å². The summed E-state index contributed by atoms with van der Waals surface area (Å²) in [6.07, 6.45) is 2.95. The summed E-state index contributed by atoms with van der Waals surface area (Å²) in [5.74, 6) is -0.166. The largest absolute Gasteiger partial charge is 0.469 e. The Labute approximate surface area is 187 Å². The summed E-state index contributed by atoms with van der Waals surface area (Å²) in [5, 5.41) is 1.33. The van der Waals surface area contributed by atoms with Crippen LogP contribution in [0.4, 0.5) is 0 Å². The molecule has 3 atom stereocenters. The SMILES string of the molecule is COC(=O)C[C@H]1CC(c2cccc(Cl)c2)[C@@H](c2ccc(Cl)cc2)N(CC2CC2)C1=O. The zero-order valence-corrected chi connectivity index (χ0v) is 18.4. The molecule has 4 rings (SSSR count). The van der Waals surface area contributed by atoms with Crippen molar-refractivity contribution < 1.29 is 14.3 Å². The summed E-state index contributed by atoms with van der Waals surface area (Å²) in [7, 11) is 1.36. The number of piperidine rings is 1. The van der Waals surface area contributed by atoms with Gasteiger partial charge in [0, 0.05) is 28.4 Å². The highest BCUT2D eigenvalue weighted by atomic mass is 35.5. The maximum atomic E-state index is 13.5. The first kappa shape index (κ1) is 21.2. The Balaban J connectivity index is 1.77. The Bertz CT molecular complexity index is 926. The number of amides is 1. The molecule has 0 aromatic heterocycles. The summed E-state index contributed by atoms with van der Waals surface area (Å²) < 4.78 is 4.87. The number of methoxy groups -OCH3 is 1. The van der Waals surface area contributed by atoms with Crippen molar-refractivity contribution in [1.82, 2.24) is 4.90 Å². The maximum Gasteiger partial charge on any atom is 0.306 e. The molecule has 0 N–H and O–H groups in total. The predicted molar refractivity (Wildman–Crippen MR) is 118 cm³/mol. The molecular weight excluding hydrogens is 421 g/mol. The van der Waals surface area contributed by atoms with E-state index in [-0.39, 0.29) is 30.3 Å². The Morgan fingerprint density at radius 2 is 1.80 bits per heavy atom. The smallest absolute Gasteiger partial charge is 0.306 e. The quantitative estimate of drug-likeness (QED) is 0.540. The molecule has 6 heteroatoms. The van der Waals surface area contributed by atoms with Crippen molar-refractivity contribution in [3.63, 3.8) is 0 Å². The number of nitrogens with zero attached hydrogens (tertiary/aromatic N) is 1. The van der Waals surface area contributed by atoms with E-state index in [2.05, 4.69) is 6.07 Å². The predicted octanol–water partition coefficient (Wildman–Crippen LogP) is 5.64. The van der Waals surface area contributed by atoms with Crippen LogP contribution in [-0.2, 0) is 14.3 Å². The minimum Gasteiger partial charge on any atom is -0.469 e. The van der Waals surface area contributed by atoms with Gasteiger partial charge >= 0.3 is 5.97 Å². The highest BCUT2D eigenvalue weighted by Gasteiger charge is 2.45. The third-order valence-corrected chi connectivity index (χ3v) is 6.66. The van der Waals surface area contributed by atoms with Gasteiger partial charge in [0.2, 0.25) is 5.91 Å². The molecule has 1 saturated carbocycles. The fraction of sp³-hybridized carbons (Fsp3) is 0.417. The molecule has 0 spiro atoms. The summed E-state index contributed by atoms with van der Waals surface area (Å²) >= 11 is 12.4. The number of esters is 1. The lowest BCUT2D eigenvalue weighted by Gasteiger charge is -2.45. The Morgan fingerprint density at radius 3 is 2.43 bits per heavy atom. The average molecular weight is 446 g/mol. The standard InChI is InChI=1S/C24H25Cl2NO3/c1-30-22(28)13-18-12-21(17-3-2-4-20(26)11-17)23(16-7-9-19(25)10-8-16)27(24(18)29)14-15-5-6-15/h2-4,7-11,15,18,21,23H,5-6,12-14H2,1H3/t18-,21?,23-/m1/s1. The molecule has 30 heavy (non-hydrogen) atoms. The van der Waals surface area contributed by atoms with E-state index in [0.717, 1.165) is 24.0 Å². The number of carbonyl (C=O) groups excluding carboxylic acids is 2. The minimum absolute atomic E-state index is 0.0241. The molecule has 1 aliphatic carbocycles. The number of hydrogen-bond donors (Lipinski definition) is 0. The van der Waals surface area contributed by atoms with Crippen LogP contribution in [0.1, 0.15) is 48.8 Å². The van der Waals surface area contributed by atoms with Crippen molar-refractivity contribution >= 4 is 35.1 Å². The lowest BCUT2D eigenvalue weighted by Crippen LogP contribution is -2.48. The highest BCUT2D eigenvalue weighted by Crippen LogP contribution is 2.48. The second-order valence-corrected chi connectivity index (χ2v) is 9.18. The lowest BCUT2D eigenvalue weighted by atomic mass is 9.75. The normalized spacial score (nSPS) is 24.0. The van der Waals surface area contributed by atoms with Gasteiger partial charge in [0.25, 0.3) is 0 Å². The van der Waals surface area contributed by atoms with Gasteiger partial charge in [0.15, 0.2) is 0 Å². The number of hydrogen-bond acceptors (Lipinski definition) is 3. The first-order chi connectivity index (χ1) is 14.5. The summed E-state index contributed by atoms with van der Waals surface area (Å²) in [6.45, 7) is 0.709. The molecule has 1 saturated heterocycles. The van der Waals surface area contributed by atoms with Gasteiger partial charge in [-0.15, -0.1) is 0 Å². The minimum atomic E-state index is -0.399. The molecule has 2 fully saturated rings. The summed E-state index contributed by atoms with van der Waals surface area (Å²) in [4.78, 5) is 27.5. The third-order valence-electron chi connectivity index (χ3n) is 6.17. The van der Waals surface area contributed by atoms with E-state index in [4.69, 9.17) is 27.9 Å². The molecule has 2 aromatic carbocycles. The Morgan fingerprint density at radius 1 is 1.07 bits per heavy atom. The molecule has 0 radical (unpaired) electrons. The number of rotatable bonds is 6. The first-order valence-corrected chi connectivity index (χ1v) is 11.1. The van der Waals surface area contributed by atoms with Crippen molar-refractivity contribution in [1.29, 1.82) is 0 Å². The second kappa shape index (κ2) is 8.99. The van der Waals surface area contributed by atoms with Crippen LogP contribution in [0, 0.1) is 11.8 Å². The van der Waals surface area contributed by atoms with Crippen LogP contribution >= 0.6 is 23.2 Å². The van der Waals surface area contributed by atoms with Gasteiger partial charge in [-0.3, -0.25) is 9.59 Å². The van der Waals surface area contributed by atoms with Gasteiger partial charge in [-0.2, -0.15) is 0 Å². The van der Waals surface area contributed by atoms with Crippen LogP contribution in [0.15, 0.2) is 48.5 Å². The molecular formula is C24H25Cl2NO3. The fourth-order valence-corrected chi connectivity index (χ4v) is 4.81. The van der Waals surface area contributed by atoms with E-state index in [0.29, 0.717) is 28.9 Å². The van der Waals surface area contributed by atoms with E-state index in [1.54, 1.807) is 0 Å². The number of carbonyl (C=O) groups is 2. The highest BCUT2D eigenvalue weighted by molar-refractivity contribution is 6.30. The topological polar surface area (TPSA) is 46.6 Å². The number of benzene rings is 2. The van der Waals surface area contributed by atoms with Crippen LogP contribution < -0.4 is 0 Å². The summed E-state index contributed by atoms with van der Waals surface area (Å²) in [6, 6.07) is 15.4. The van der Waals surface area contributed by atoms with E-state index < -0.39 is 5.92 Å². The van der Waals surface area contributed by atoms with Gasteiger partial charge in [-0.05, 0) is 60.6 Å². The van der Waals surface area contributed by atoms with Crippen LogP contribution in [0.5, 0.6) is 0 Å². The molecule has 0 bridgehead atoms. The van der Waals surface area contributed by atoms with Gasteiger partial charge in [0.1, 0.15) is 0 Å². The second-order valence-electron chi connectivity index (χ2n) is 8.30. The summed E-state index contributed by atoms with van der Waals surface area (Å²) in [5.41, 5.74) is 2.13. The number of halogens is 2.